The van der Waals surface area contributed by atoms with Crippen LogP contribution in [0, 0.1) is 6.92 Å². The third-order valence-corrected chi connectivity index (χ3v) is 6.32. The molecule has 9 heteroatoms. The summed E-state index contributed by atoms with van der Waals surface area (Å²) in [5.74, 6) is 0.574. The van der Waals surface area contributed by atoms with Crippen molar-refractivity contribution in [1.82, 2.24) is 20.5 Å². The Morgan fingerprint density at radius 3 is 2.69 bits per heavy atom. The molecule has 0 saturated heterocycles. The predicted molar refractivity (Wildman–Crippen MR) is 143 cm³/mol. The van der Waals surface area contributed by atoms with E-state index in [1.54, 1.807) is 18.5 Å². The van der Waals surface area contributed by atoms with E-state index in [-0.39, 0.29) is 6.61 Å². The molecular weight excluding hydrogens is 499 g/mol. The molecule has 0 bridgehead atoms. The number of nitrogens with zero attached hydrogens (tertiary/aromatic N) is 2. The van der Waals surface area contributed by atoms with Gasteiger partial charge in [-0.1, -0.05) is 41.4 Å². The molecule has 2 N–H and O–H groups in total. The van der Waals surface area contributed by atoms with Gasteiger partial charge in [0.05, 0.1) is 27.8 Å². The molecule has 188 valence electrons. The number of ether oxygens (including phenoxy) is 2. The maximum atomic E-state index is 12.5. The summed E-state index contributed by atoms with van der Waals surface area (Å²) in [6.45, 7) is 7.59. The molecule has 36 heavy (non-hydrogen) atoms. The van der Waals surface area contributed by atoms with Gasteiger partial charge in [0.25, 0.3) is 0 Å². The molecule has 1 atom stereocenters. The normalized spacial score (nSPS) is 12.4. The van der Waals surface area contributed by atoms with Gasteiger partial charge >= 0.3 is 6.09 Å². The molecule has 1 amide bonds. The second-order valence-corrected chi connectivity index (χ2v) is 10.3. The van der Waals surface area contributed by atoms with Crippen molar-refractivity contribution in [3.05, 3.63) is 76.2 Å². The highest BCUT2D eigenvalue weighted by Crippen LogP contribution is 2.28. The standard InChI is InChI=1S/C27H28Cl2N4O3/c1-16-22-12-17(8-9-24(22)33-32-16)19-11-21(14-30-13-19)35-15-20(31-26(34)36-27(2,3)4)10-18-6-5-7-23(28)25(18)29/h5-9,11-14,20H,10,15H2,1-4H3,(H,31,34)(H,32,33)/t20-/m0/s1. The van der Waals surface area contributed by atoms with Gasteiger partial charge in [0, 0.05) is 22.8 Å². The van der Waals surface area contributed by atoms with Crippen LogP contribution in [0.5, 0.6) is 5.75 Å². The van der Waals surface area contributed by atoms with Crippen molar-refractivity contribution in [1.29, 1.82) is 0 Å². The Morgan fingerprint density at radius 2 is 1.92 bits per heavy atom. The summed E-state index contributed by atoms with van der Waals surface area (Å²) in [6, 6.07) is 12.9. The third-order valence-electron chi connectivity index (χ3n) is 5.46. The van der Waals surface area contributed by atoms with Gasteiger partial charge in [-0.05, 0) is 69.5 Å². The Balaban J connectivity index is 1.52. The monoisotopic (exact) mass is 526 g/mol. The van der Waals surface area contributed by atoms with E-state index in [1.165, 1.54) is 0 Å². The van der Waals surface area contributed by atoms with Crippen LogP contribution in [0.2, 0.25) is 10.0 Å². The van der Waals surface area contributed by atoms with Crippen molar-refractivity contribution in [3.8, 4) is 16.9 Å². The number of aryl methyl sites for hydroxylation is 1. The minimum atomic E-state index is -0.629. The summed E-state index contributed by atoms with van der Waals surface area (Å²) in [5.41, 5.74) is 3.99. The number of nitrogens with one attached hydrogen (secondary N) is 2. The summed E-state index contributed by atoms with van der Waals surface area (Å²) >= 11 is 12.6. The zero-order valence-corrected chi connectivity index (χ0v) is 22.1. The molecule has 0 unspecified atom stereocenters. The average Bonchev–Trinajstić information content (AvgIpc) is 3.19. The zero-order valence-electron chi connectivity index (χ0n) is 20.6. The van der Waals surface area contributed by atoms with Gasteiger partial charge < -0.3 is 14.8 Å². The van der Waals surface area contributed by atoms with E-state index >= 15 is 0 Å². The lowest BCUT2D eigenvalue weighted by molar-refractivity contribution is 0.0487. The smallest absolute Gasteiger partial charge is 0.408 e. The number of pyridine rings is 1. The number of fused-ring (bicyclic) bond motifs is 1. The first-order valence-electron chi connectivity index (χ1n) is 11.5. The highest BCUT2D eigenvalue weighted by molar-refractivity contribution is 6.42. The van der Waals surface area contributed by atoms with Crippen LogP contribution in [0.25, 0.3) is 22.0 Å². The van der Waals surface area contributed by atoms with Crippen LogP contribution in [0.3, 0.4) is 0 Å². The fraction of sp³-hybridized carbons (Fsp3) is 0.296. The quantitative estimate of drug-likeness (QED) is 0.277. The number of carbonyl (C=O) groups excluding carboxylic acids is 1. The molecule has 7 nitrogen and oxygen atoms in total. The van der Waals surface area contributed by atoms with Crippen LogP contribution >= 0.6 is 23.2 Å². The summed E-state index contributed by atoms with van der Waals surface area (Å²) in [5, 5.41) is 12.1. The Bertz CT molecular complexity index is 1380. The first kappa shape index (κ1) is 25.8. The van der Waals surface area contributed by atoms with E-state index < -0.39 is 17.7 Å². The highest BCUT2D eigenvalue weighted by atomic mass is 35.5. The number of amides is 1. The molecular formula is C27H28Cl2N4O3. The minimum absolute atomic E-state index is 0.174. The lowest BCUT2D eigenvalue weighted by Gasteiger charge is -2.24. The van der Waals surface area contributed by atoms with E-state index in [1.807, 2.05) is 58.0 Å². The Labute approximate surface area is 220 Å². The lowest BCUT2D eigenvalue weighted by Crippen LogP contribution is -2.43. The number of aromatic nitrogens is 3. The second-order valence-electron chi connectivity index (χ2n) is 9.56. The first-order chi connectivity index (χ1) is 17.1. The fourth-order valence-corrected chi connectivity index (χ4v) is 4.16. The maximum Gasteiger partial charge on any atom is 0.408 e. The van der Waals surface area contributed by atoms with E-state index in [4.69, 9.17) is 32.7 Å². The van der Waals surface area contributed by atoms with Gasteiger partial charge in [-0.15, -0.1) is 0 Å². The SMILES string of the molecule is Cc1[nH]nc2ccc(-c3cncc(OC[C@H](Cc4cccc(Cl)c4Cl)NC(=O)OC(C)(C)C)c3)cc12. The molecule has 0 aliphatic heterocycles. The van der Waals surface area contributed by atoms with E-state index in [0.717, 1.165) is 33.3 Å². The molecule has 0 fully saturated rings. The summed E-state index contributed by atoms with van der Waals surface area (Å²) in [7, 11) is 0. The van der Waals surface area contributed by atoms with Crippen molar-refractivity contribution in [3.63, 3.8) is 0 Å². The second kappa shape index (κ2) is 10.8. The topological polar surface area (TPSA) is 89.1 Å². The van der Waals surface area contributed by atoms with Crippen molar-refractivity contribution < 1.29 is 14.3 Å². The number of rotatable bonds is 7. The van der Waals surface area contributed by atoms with Gasteiger partial charge in [0.1, 0.15) is 18.0 Å². The third kappa shape index (κ3) is 6.47. The maximum absolute atomic E-state index is 12.5. The van der Waals surface area contributed by atoms with Crippen LogP contribution in [0.4, 0.5) is 4.79 Å². The molecule has 0 saturated carbocycles. The van der Waals surface area contributed by atoms with Crippen molar-refractivity contribution in [2.75, 3.05) is 6.61 Å². The Kier molecular flexibility index (Phi) is 7.71. The molecule has 4 rings (SSSR count). The van der Waals surface area contributed by atoms with E-state index in [2.05, 4.69) is 26.6 Å². The minimum Gasteiger partial charge on any atom is -0.490 e. The van der Waals surface area contributed by atoms with E-state index in [9.17, 15) is 4.79 Å². The molecule has 2 heterocycles. The molecule has 0 aliphatic carbocycles. The van der Waals surface area contributed by atoms with Crippen LogP contribution in [-0.4, -0.2) is 39.5 Å². The largest absolute Gasteiger partial charge is 0.490 e. The highest BCUT2D eigenvalue weighted by Gasteiger charge is 2.21. The fourth-order valence-electron chi connectivity index (χ4n) is 3.77. The van der Waals surface area contributed by atoms with Crippen molar-refractivity contribution in [2.24, 2.45) is 0 Å². The number of aromatic amines is 1. The van der Waals surface area contributed by atoms with Gasteiger partial charge in [0.15, 0.2) is 0 Å². The molecule has 2 aromatic heterocycles. The average molecular weight is 527 g/mol. The summed E-state index contributed by atoms with van der Waals surface area (Å²) < 4.78 is 11.5. The van der Waals surface area contributed by atoms with Crippen LogP contribution in [0.1, 0.15) is 32.0 Å². The number of alkyl carbamates (subject to hydrolysis) is 1. The number of hydrogen-bond donors (Lipinski definition) is 2. The van der Waals surface area contributed by atoms with E-state index in [0.29, 0.717) is 22.2 Å². The number of halogens is 2. The zero-order chi connectivity index (χ0) is 25.9. The number of H-pyrrole nitrogens is 1. The molecule has 0 aliphatic rings. The van der Waals surface area contributed by atoms with Crippen LogP contribution in [-0.2, 0) is 11.2 Å². The molecule has 4 aromatic rings. The lowest BCUT2D eigenvalue weighted by atomic mass is 10.0. The Morgan fingerprint density at radius 1 is 1.11 bits per heavy atom. The molecule has 0 spiro atoms. The van der Waals surface area contributed by atoms with Crippen LogP contribution < -0.4 is 10.1 Å². The van der Waals surface area contributed by atoms with Gasteiger partial charge in [-0.25, -0.2) is 4.79 Å². The number of hydrogen-bond acceptors (Lipinski definition) is 5. The van der Waals surface area contributed by atoms with Crippen LogP contribution in [0.15, 0.2) is 54.9 Å². The van der Waals surface area contributed by atoms with Crippen molar-refractivity contribution in [2.45, 2.75) is 45.8 Å². The first-order valence-corrected chi connectivity index (χ1v) is 12.3. The number of carbonyl (C=O) groups is 1. The predicted octanol–water partition coefficient (Wildman–Crippen LogP) is 6.75. The molecule has 2 aromatic carbocycles. The van der Waals surface area contributed by atoms with Gasteiger partial charge in [-0.3, -0.25) is 10.1 Å². The van der Waals surface area contributed by atoms with Gasteiger partial charge in [-0.2, -0.15) is 5.10 Å². The van der Waals surface area contributed by atoms with Gasteiger partial charge in [0.2, 0.25) is 0 Å². The summed E-state index contributed by atoms with van der Waals surface area (Å²) in [6.07, 6.45) is 3.29. The Hall–Kier alpha value is -3.29. The summed E-state index contributed by atoms with van der Waals surface area (Å²) in [4.78, 5) is 16.9. The van der Waals surface area contributed by atoms with Crippen molar-refractivity contribution >= 4 is 40.2 Å². The number of benzene rings is 2. The molecule has 0 radical (unpaired) electrons.